The zero-order valence-electron chi connectivity index (χ0n) is 17.4. The van der Waals surface area contributed by atoms with Crippen LogP contribution < -0.4 is 15.4 Å². The number of hydrogen-bond acceptors (Lipinski definition) is 6. The standard InChI is InChI=1S/C23H22FN3O5/c1-13-4-2-5-14(10-13)32-9-3-8-25-18-12-16-15(11-17(18)24)22(30)27(23(16)31)19-6-7-20(28)26-21(19)29/h2,4-5,10-12,19,25H,3,6-9H2,1H3,(H,26,28,29). The molecule has 2 N–H and O–H groups in total. The molecule has 2 aromatic carbocycles. The number of aryl methyl sites for hydroxylation is 1. The van der Waals surface area contributed by atoms with Gasteiger partial charge in [0, 0.05) is 13.0 Å². The molecule has 1 atom stereocenters. The Hall–Kier alpha value is -3.75. The number of benzene rings is 2. The van der Waals surface area contributed by atoms with Crippen molar-refractivity contribution in [3.05, 3.63) is 58.9 Å². The van der Waals surface area contributed by atoms with Crippen molar-refractivity contribution in [1.82, 2.24) is 10.2 Å². The molecule has 1 unspecified atom stereocenters. The van der Waals surface area contributed by atoms with E-state index in [-0.39, 0.29) is 29.7 Å². The van der Waals surface area contributed by atoms with Crippen LogP contribution in [0.4, 0.5) is 10.1 Å². The third kappa shape index (κ3) is 4.18. The molecule has 0 radical (unpaired) electrons. The summed E-state index contributed by atoms with van der Waals surface area (Å²) in [6.45, 7) is 2.78. The van der Waals surface area contributed by atoms with E-state index >= 15 is 0 Å². The van der Waals surface area contributed by atoms with Crippen molar-refractivity contribution in [3.63, 3.8) is 0 Å². The third-order valence-corrected chi connectivity index (χ3v) is 5.42. The lowest BCUT2D eigenvalue weighted by molar-refractivity contribution is -0.136. The highest BCUT2D eigenvalue weighted by Gasteiger charge is 2.45. The number of carbonyl (C=O) groups is 4. The summed E-state index contributed by atoms with van der Waals surface area (Å²) in [5.41, 5.74) is 1.11. The minimum atomic E-state index is -1.08. The van der Waals surface area contributed by atoms with E-state index < -0.39 is 35.5 Å². The Morgan fingerprint density at radius 3 is 2.59 bits per heavy atom. The molecule has 0 aliphatic carbocycles. The van der Waals surface area contributed by atoms with Gasteiger partial charge < -0.3 is 10.1 Å². The maximum Gasteiger partial charge on any atom is 0.262 e. The van der Waals surface area contributed by atoms with E-state index in [1.165, 1.54) is 6.07 Å². The number of carbonyl (C=O) groups excluding carboxylic acids is 4. The monoisotopic (exact) mass is 439 g/mol. The number of hydrogen-bond donors (Lipinski definition) is 2. The lowest BCUT2D eigenvalue weighted by Gasteiger charge is -2.27. The molecule has 4 amide bonds. The first-order chi connectivity index (χ1) is 15.3. The van der Waals surface area contributed by atoms with Crippen LogP contribution in [0, 0.1) is 12.7 Å². The minimum Gasteiger partial charge on any atom is -0.494 e. The van der Waals surface area contributed by atoms with Crippen molar-refractivity contribution in [3.8, 4) is 5.75 Å². The van der Waals surface area contributed by atoms with Gasteiger partial charge in [-0.15, -0.1) is 0 Å². The summed E-state index contributed by atoms with van der Waals surface area (Å²) >= 11 is 0. The topological polar surface area (TPSA) is 105 Å². The quantitative estimate of drug-likeness (QED) is 0.507. The molecule has 2 aromatic rings. The van der Waals surface area contributed by atoms with Gasteiger partial charge in [-0.2, -0.15) is 0 Å². The highest BCUT2D eigenvalue weighted by Crippen LogP contribution is 2.31. The van der Waals surface area contributed by atoms with Crippen LogP contribution in [0.15, 0.2) is 36.4 Å². The van der Waals surface area contributed by atoms with Crippen molar-refractivity contribution in [2.75, 3.05) is 18.5 Å². The van der Waals surface area contributed by atoms with Crippen LogP contribution in [0.1, 0.15) is 45.5 Å². The second-order valence-corrected chi connectivity index (χ2v) is 7.77. The molecule has 9 heteroatoms. The normalized spacial score (nSPS) is 17.9. The van der Waals surface area contributed by atoms with Gasteiger partial charge in [-0.1, -0.05) is 12.1 Å². The Bertz CT molecular complexity index is 1120. The van der Waals surface area contributed by atoms with Crippen LogP contribution in [-0.4, -0.2) is 47.7 Å². The van der Waals surface area contributed by atoms with Gasteiger partial charge in [-0.05, 0) is 49.6 Å². The average molecular weight is 439 g/mol. The second-order valence-electron chi connectivity index (χ2n) is 7.77. The molecule has 0 bridgehead atoms. The number of halogens is 1. The smallest absolute Gasteiger partial charge is 0.262 e. The first-order valence-electron chi connectivity index (χ1n) is 10.3. The van der Waals surface area contributed by atoms with Crippen LogP contribution in [0.3, 0.4) is 0 Å². The Kier molecular flexibility index (Phi) is 5.89. The first kappa shape index (κ1) is 21.5. The summed E-state index contributed by atoms with van der Waals surface area (Å²) < 4.78 is 20.2. The maximum absolute atomic E-state index is 14.6. The van der Waals surface area contributed by atoms with Gasteiger partial charge in [0.2, 0.25) is 11.8 Å². The number of nitrogens with one attached hydrogen (secondary N) is 2. The van der Waals surface area contributed by atoms with Gasteiger partial charge in [-0.25, -0.2) is 4.39 Å². The van der Waals surface area contributed by atoms with Crippen LogP contribution in [0.5, 0.6) is 5.75 Å². The highest BCUT2D eigenvalue weighted by atomic mass is 19.1. The van der Waals surface area contributed by atoms with E-state index in [0.29, 0.717) is 19.6 Å². The zero-order valence-corrected chi connectivity index (χ0v) is 17.4. The van der Waals surface area contributed by atoms with Gasteiger partial charge >= 0.3 is 0 Å². The molecule has 0 aromatic heterocycles. The average Bonchev–Trinajstić information content (AvgIpc) is 2.98. The molecular formula is C23H22FN3O5. The SMILES string of the molecule is Cc1cccc(OCCCNc2cc3c(cc2F)C(=O)N(C2CCC(=O)NC2=O)C3=O)c1. The second kappa shape index (κ2) is 8.78. The molecule has 166 valence electrons. The molecular weight excluding hydrogens is 417 g/mol. The van der Waals surface area contributed by atoms with E-state index in [9.17, 15) is 23.6 Å². The number of rotatable bonds is 7. The predicted molar refractivity (Wildman–Crippen MR) is 113 cm³/mol. The number of piperidine rings is 1. The largest absolute Gasteiger partial charge is 0.494 e. The number of imide groups is 2. The zero-order chi connectivity index (χ0) is 22.8. The van der Waals surface area contributed by atoms with E-state index in [4.69, 9.17) is 4.74 Å². The Morgan fingerprint density at radius 1 is 1.12 bits per heavy atom. The van der Waals surface area contributed by atoms with E-state index in [0.717, 1.165) is 22.3 Å². The van der Waals surface area contributed by atoms with Gasteiger partial charge in [-0.3, -0.25) is 29.4 Å². The summed E-state index contributed by atoms with van der Waals surface area (Å²) in [4.78, 5) is 49.8. The molecule has 4 rings (SSSR count). The van der Waals surface area contributed by atoms with Gasteiger partial charge in [0.15, 0.2) is 0 Å². The van der Waals surface area contributed by atoms with Crippen molar-refractivity contribution in [2.45, 2.75) is 32.2 Å². The fourth-order valence-corrected chi connectivity index (χ4v) is 3.82. The summed E-state index contributed by atoms with van der Waals surface area (Å²) in [5.74, 6) is -2.49. The molecule has 32 heavy (non-hydrogen) atoms. The van der Waals surface area contributed by atoms with Crippen molar-refractivity contribution < 1.29 is 28.3 Å². The minimum absolute atomic E-state index is 0.0234. The number of amides is 4. The maximum atomic E-state index is 14.6. The van der Waals surface area contributed by atoms with Gasteiger partial charge in [0.05, 0.1) is 23.4 Å². The summed E-state index contributed by atoms with van der Waals surface area (Å²) in [6.07, 6.45) is 0.653. The Labute approximate surface area is 183 Å². The van der Waals surface area contributed by atoms with Crippen molar-refractivity contribution >= 4 is 29.3 Å². The van der Waals surface area contributed by atoms with Crippen LogP contribution in [0.2, 0.25) is 0 Å². The molecule has 1 fully saturated rings. The predicted octanol–water partition coefficient (Wildman–Crippen LogP) is 2.42. The van der Waals surface area contributed by atoms with Gasteiger partial charge in [0.1, 0.15) is 17.6 Å². The molecule has 2 heterocycles. The molecule has 1 saturated heterocycles. The summed E-state index contributed by atoms with van der Waals surface area (Å²) in [6, 6.07) is 8.86. The van der Waals surface area contributed by atoms with Gasteiger partial charge in [0.25, 0.3) is 11.8 Å². The lowest BCUT2D eigenvalue weighted by Crippen LogP contribution is -2.54. The fourth-order valence-electron chi connectivity index (χ4n) is 3.82. The summed E-state index contributed by atoms with van der Waals surface area (Å²) in [7, 11) is 0. The van der Waals surface area contributed by atoms with E-state index in [1.807, 2.05) is 31.2 Å². The number of nitrogens with zero attached hydrogens (tertiary/aromatic N) is 1. The fraction of sp³-hybridized carbons (Fsp3) is 0.304. The van der Waals surface area contributed by atoms with Crippen molar-refractivity contribution in [2.24, 2.45) is 0 Å². The molecule has 0 saturated carbocycles. The Morgan fingerprint density at radius 2 is 1.88 bits per heavy atom. The Balaban J connectivity index is 1.39. The lowest BCUT2D eigenvalue weighted by atomic mass is 10.0. The molecule has 2 aliphatic heterocycles. The molecule has 0 spiro atoms. The summed E-state index contributed by atoms with van der Waals surface area (Å²) in [5, 5.41) is 5.05. The van der Waals surface area contributed by atoms with Crippen LogP contribution in [0.25, 0.3) is 0 Å². The number of anilines is 1. The highest BCUT2D eigenvalue weighted by molar-refractivity contribution is 6.23. The van der Waals surface area contributed by atoms with E-state index in [1.54, 1.807) is 0 Å². The van der Waals surface area contributed by atoms with E-state index in [2.05, 4.69) is 10.6 Å². The van der Waals surface area contributed by atoms with Crippen LogP contribution in [-0.2, 0) is 9.59 Å². The molecule has 8 nitrogen and oxygen atoms in total. The van der Waals surface area contributed by atoms with Crippen LogP contribution >= 0.6 is 0 Å². The number of ether oxygens (including phenoxy) is 1. The third-order valence-electron chi connectivity index (χ3n) is 5.42. The molecule has 2 aliphatic rings. The first-order valence-corrected chi connectivity index (χ1v) is 10.3. The van der Waals surface area contributed by atoms with Crippen molar-refractivity contribution in [1.29, 1.82) is 0 Å². The number of fused-ring (bicyclic) bond motifs is 1.